The molecule has 0 bridgehead atoms. The Kier molecular flexibility index (Phi) is 4.47. The third kappa shape index (κ3) is 3.57. The molecule has 3 aliphatic rings. The third-order valence-electron chi connectivity index (χ3n) is 5.65. The van der Waals surface area contributed by atoms with Crippen LogP contribution in [0.25, 0.3) is 0 Å². The quantitative estimate of drug-likeness (QED) is 0.814. The van der Waals surface area contributed by atoms with Crippen LogP contribution in [0.15, 0.2) is 0 Å². The van der Waals surface area contributed by atoms with Gasteiger partial charge in [0, 0.05) is 31.5 Å². The van der Waals surface area contributed by atoms with E-state index >= 15 is 0 Å². The van der Waals surface area contributed by atoms with E-state index in [1.807, 2.05) is 0 Å². The van der Waals surface area contributed by atoms with E-state index < -0.39 is 0 Å². The zero-order valence-corrected chi connectivity index (χ0v) is 15.2. The van der Waals surface area contributed by atoms with Crippen molar-refractivity contribution >= 4 is 17.2 Å². The van der Waals surface area contributed by atoms with Crippen molar-refractivity contribution in [3.05, 3.63) is 5.01 Å². The minimum atomic E-state index is 0.288. The summed E-state index contributed by atoms with van der Waals surface area (Å²) < 4.78 is 5.14. The number of nitrogens with zero attached hydrogens (tertiary/aromatic N) is 4. The first-order chi connectivity index (χ1) is 11.7. The van der Waals surface area contributed by atoms with Crippen LogP contribution in [0.3, 0.4) is 0 Å². The molecule has 1 saturated carbocycles. The monoisotopic (exact) mass is 350 g/mol. The van der Waals surface area contributed by atoms with Crippen LogP contribution in [0.1, 0.15) is 43.5 Å². The molecule has 1 spiro atoms. The molecule has 1 atom stereocenters. The molecule has 132 valence electrons. The Bertz CT molecular complexity index is 603. The Hall–Kier alpha value is -1.21. The van der Waals surface area contributed by atoms with Gasteiger partial charge in [0.15, 0.2) is 0 Å². The summed E-state index contributed by atoms with van der Waals surface area (Å²) in [5.74, 6) is 1.15. The van der Waals surface area contributed by atoms with E-state index in [1.165, 1.54) is 37.0 Å². The number of carbonyl (C=O) groups is 1. The molecule has 0 radical (unpaired) electrons. The minimum absolute atomic E-state index is 0.288. The standard InChI is InChI=1S/C17H26N4O2S/c1-23-16-19-18-14(24-16)10-20-8-2-6-17(11-20)7-5-15(22)21(12-17)9-13-3-4-13/h13H,2-12H2,1H3. The molecule has 1 aliphatic carbocycles. The van der Waals surface area contributed by atoms with Crippen molar-refractivity contribution in [2.75, 3.05) is 33.3 Å². The van der Waals surface area contributed by atoms with Crippen LogP contribution in [-0.2, 0) is 11.3 Å². The van der Waals surface area contributed by atoms with Crippen molar-refractivity contribution in [2.45, 2.75) is 45.1 Å². The summed E-state index contributed by atoms with van der Waals surface area (Å²) in [6.45, 7) is 4.98. The molecule has 3 fully saturated rings. The molecular weight excluding hydrogens is 324 g/mol. The van der Waals surface area contributed by atoms with Crippen LogP contribution >= 0.6 is 11.3 Å². The van der Waals surface area contributed by atoms with Gasteiger partial charge in [0.05, 0.1) is 13.7 Å². The number of carbonyl (C=O) groups excluding carboxylic acids is 1. The van der Waals surface area contributed by atoms with E-state index in [1.54, 1.807) is 7.11 Å². The van der Waals surface area contributed by atoms with Crippen LogP contribution in [0.4, 0.5) is 0 Å². The fourth-order valence-electron chi connectivity index (χ4n) is 4.23. The van der Waals surface area contributed by atoms with Crippen molar-refractivity contribution in [2.24, 2.45) is 11.3 Å². The summed E-state index contributed by atoms with van der Waals surface area (Å²) >= 11 is 1.53. The van der Waals surface area contributed by atoms with E-state index in [-0.39, 0.29) is 5.41 Å². The number of methoxy groups -OCH3 is 1. The maximum atomic E-state index is 12.3. The second-order valence-electron chi connectivity index (χ2n) is 7.70. The number of rotatable bonds is 5. The van der Waals surface area contributed by atoms with E-state index in [9.17, 15) is 4.79 Å². The molecule has 2 aliphatic heterocycles. The average molecular weight is 350 g/mol. The Balaban J connectivity index is 1.40. The highest BCUT2D eigenvalue weighted by molar-refractivity contribution is 7.13. The van der Waals surface area contributed by atoms with Crippen molar-refractivity contribution in [3.8, 4) is 5.19 Å². The van der Waals surface area contributed by atoms with Gasteiger partial charge in [-0.25, -0.2) is 0 Å². The van der Waals surface area contributed by atoms with Crippen LogP contribution in [0.5, 0.6) is 5.19 Å². The van der Waals surface area contributed by atoms with Gasteiger partial charge >= 0.3 is 0 Å². The first-order valence-electron chi connectivity index (χ1n) is 9.02. The number of piperidine rings is 2. The Morgan fingerprint density at radius 2 is 2.17 bits per heavy atom. The fourth-order valence-corrected chi connectivity index (χ4v) is 4.93. The molecule has 4 rings (SSSR count). The molecule has 1 aromatic heterocycles. The predicted octanol–water partition coefficient (Wildman–Crippen LogP) is 2.16. The second kappa shape index (κ2) is 6.59. The molecule has 2 saturated heterocycles. The normalized spacial score (nSPS) is 28.5. The molecule has 1 amide bonds. The van der Waals surface area contributed by atoms with E-state index in [0.717, 1.165) is 56.5 Å². The summed E-state index contributed by atoms with van der Waals surface area (Å²) in [6, 6.07) is 0. The highest BCUT2D eigenvalue weighted by Crippen LogP contribution is 2.41. The number of aromatic nitrogens is 2. The van der Waals surface area contributed by atoms with Gasteiger partial charge in [-0.15, -0.1) is 10.2 Å². The summed E-state index contributed by atoms with van der Waals surface area (Å²) in [4.78, 5) is 16.9. The molecule has 7 heteroatoms. The van der Waals surface area contributed by atoms with Crippen LogP contribution in [0, 0.1) is 11.3 Å². The van der Waals surface area contributed by atoms with Gasteiger partial charge in [0.1, 0.15) is 5.01 Å². The molecule has 0 N–H and O–H groups in total. The third-order valence-corrected chi connectivity index (χ3v) is 6.52. The van der Waals surface area contributed by atoms with Crippen molar-refractivity contribution < 1.29 is 9.53 Å². The van der Waals surface area contributed by atoms with Gasteiger partial charge < -0.3 is 9.64 Å². The molecule has 0 aromatic carbocycles. The Morgan fingerprint density at radius 3 is 2.92 bits per heavy atom. The average Bonchev–Trinajstić information content (AvgIpc) is 3.28. The zero-order chi connectivity index (χ0) is 16.6. The predicted molar refractivity (Wildman–Crippen MR) is 91.9 cm³/mol. The highest BCUT2D eigenvalue weighted by atomic mass is 32.1. The number of hydrogen-bond donors (Lipinski definition) is 0. The lowest BCUT2D eigenvalue weighted by Crippen LogP contribution is -2.54. The second-order valence-corrected chi connectivity index (χ2v) is 8.72. The van der Waals surface area contributed by atoms with Crippen molar-refractivity contribution in [3.63, 3.8) is 0 Å². The molecule has 1 unspecified atom stereocenters. The van der Waals surface area contributed by atoms with E-state index in [4.69, 9.17) is 4.74 Å². The smallest absolute Gasteiger partial charge is 0.293 e. The molecule has 1 aromatic rings. The lowest BCUT2D eigenvalue weighted by molar-refractivity contribution is -0.139. The van der Waals surface area contributed by atoms with Crippen LogP contribution in [0.2, 0.25) is 0 Å². The molecular formula is C17H26N4O2S. The molecule has 24 heavy (non-hydrogen) atoms. The van der Waals surface area contributed by atoms with E-state index in [2.05, 4.69) is 20.0 Å². The van der Waals surface area contributed by atoms with Crippen LogP contribution in [-0.4, -0.2) is 59.2 Å². The summed E-state index contributed by atoms with van der Waals surface area (Å²) in [5.41, 5.74) is 0.288. The lowest BCUT2D eigenvalue weighted by atomic mass is 9.73. The van der Waals surface area contributed by atoms with Crippen molar-refractivity contribution in [1.82, 2.24) is 20.0 Å². The maximum Gasteiger partial charge on any atom is 0.293 e. The number of ether oxygens (including phenoxy) is 1. The largest absolute Gasteiger partial charge is 0.472 e. The molecule has 6 nitrogen and oxygen atoms in total. The summed E-state index contributed by atoms with van der Waals surface area (Å²) in [6.07, 6.45) is 6.85. The van der Waals surface area contributed by atoms with Gasteiger partial charge in [-0.3, -0.25) is 9.69 Å². The van der Waals surface area contributed by atoms with Gasteiger partial charge in [0.25, 0.3) is 5.19 Å². The number of amides is 1. The van der Waals surface area contributed by atoms with Gasteiger partial charge in [-0.1, -0.05) is 11.3 Å². The number of hydrogen-bond acceptors (Lipinski definition) is 6. The Labute approximate surface area is 147 Å². The van der Waals surface area contributed by atoms with Gasteiger partial charge in [0.2, 0.25) is 5.91 Å². The van der Waals surface area contributed by atoms with E-state index in [0.29, 0.717) is 11.1 Å². The lowest BCUT2D eigenvalue weighted by Gasteiger charge is -2.48. The zero-order valence-electron chi connectivity index (χ0n) is 14.4. The maximum absolute atomic E-state index is 12.3. The first kappa shape index (κ1) is 16.3. The number of likely N-dealkylation sites (tertiary alicyclic amines) is 2. The SMILES string of the molecule is COc1nnc(CN2CCCC3(CCC(=O)N(CC4CC4)C3)C2)s1. The van der Waals surface area contributed by atoms with Crippen LogP contribution < -0.4 is 4.74 Å². The summed E-state index contributed by atoms with van der Waals surface area (Å²) in [7, 11) is 1.63. The fraction of sp³-hybridized carbons (Fsp3) is 0.824. The highest BCUT2D eigenvalue weighted by Gasteiger charge is 2.42. The molecule has 3 heterocycles. The summed E-state index contributed by atoms with van der Waals surface area (Å²) in [5, 5.41) is 9.91. The Morgan fingerprint density at radius 1 is 1.29 bits per heavy atom. The van der Waals surface area contributed by atoms with Gasteiger partial charge in [-0.05, 0) is 44.6 Å². The van der Waals surface area contributed by atoms with Crippen molar-refractivity contribution in [1.29, 1.82) is 0 Å². The van der Waals surface area contributed by atoms with Gasteiger partial charge in [-0.2, -0.15) is 0 Å². The minimum Gasteiger partial charge on any atom is -0.472 e. The topological polar surface area (TPSA) is 58.6 Å². The first-order valence-corrected chi connectivity index (χ1v) is 9.84.